The SMILES string of the molecule is COCCNCc1cccnc1SCc1ccco1. The van der Waals surface area contributed by atoms with Crippen LogP contribution in [0.3, 0.4) is 0 Å². The van der Waals surface area contributed by atoms with Crippen molar-refractivity contribution >= 4 is 11.8 Å². The summed E-state index contributed by atoms with van der Waals surface area (Å²) >= 11 is 1.69. The van der Waals surface area contributed by atoms with E-state index in [2.05, 4.69) is 16.4 Å². The second-order valence-electron chi connectivity index (χ2n) is 4.01. The van der Waals surface area contributed by atoms with Gasteiger partial charge in [0.05, 0.1) is 18.6 Å². The van der Waals surface area contributed by atoms with Crippen molar-refractivity contribution in [2.75, 3.05) is 20.3 Å². The summed E-state index contributed by atoms with van der Waals surface area (Å²) in [5.41, 5.74) is 1.20. The van der Waals surface area contributed by atoms with Crippen molar-refractivity contribution in [1.82, 2.24) is 10.3 Å². The number of pyridine rings is 1. The highest BCUT2D eigenvalue weighted by molar-refractivity contribution is 7.98. The van der Waals surface area contributed by atoms with E-state index in [0.717, 1.165) is 36.2 Å². The van der Waals surface area contributed by atoms with Gasteiger partial charge in [-0.05, 0) is 23.8 Å². The summed E-state index contributed by atoms with van der Waals surface area (Å²) in [4.78, 5) is 4.43. The molecule has 0 aliphatic heterocycles. The van der Waals surface area contributed by atoms with E-state index >= 15 is 0 Å². The zero-order valence-corrected chi connectivity index (χ0v) is 11.8. The molecule has 0 amide bonds. The van der Waals surface area contributed by atoms with Crippen LogP contribution in [0.5, 0.6) is 0 Å². The van der Waals surface area contributed by atoms with Gasteiger partial charge in [-0.25, -0.2) is 4.98 Å². The fraction of sp³-hybridized carbons (Fsp3) is 0.357. The summed E-state index contributed by atoms with van der Waals surface area (Å²) < 4.78 is 10.3. The van der Waals surface area contributed by atoms with Crippen LogP contribution < -0.4 is 5.32 Å². The van der Waals surface area contributed by atoms with Crippen LogP contribution in [-0.2, 0) is 17.0 Å². The summed E-state index contributed by atoms with van der Waals surface area (Å²) in [6.07, 6.45) is 3.52. The Bertz CT molecular complexity index is 474. The largest absolute Gasteiger partial charge is 0.468 e. The summed E-state index contributed by atoms with van der Waals surface area (Å²) in [6, 6.07) is 7.94. The fourth-order valence-electron chi connectivity index (χ4n) is 1.62. The van der Waals surface area contributed by atoms with Gasteiger partial charge < -0.3 is 14.5 Å². The van der Waals surface area contributed by atoms with E-state index in [-0.39, 0.29) is 0 Å². The van der Waals surface area contributed by atoms with Crippen molar-refractivity contribution < 1.29 is 9.15 Å². The first-order chi connectivity index (χ1) is 9.40. The van der Waals surface area contributed by atoms with Crippen LogP contribution in [0.2, 0.25) is 0 Å². The minimum Gasteiger partial charge on any atom is -0.468 e. The number of nitrogens with one attached hydrogen (secondary N) is 1. The van der Waals surface area contributed by atoms with Gasteiger partial charge in [-0.3, -0.25) is 0 Å². The zero-order valence-electron chi connectivity index (χ0n) is 11.0. The van der Waals surface area contributed by atoms with E-state index in [9.17, 15) is 0 Å². The van der Waals surface area contributed by atoms with E-state index in [1.807, 2.05) is 24.4 Å². The monoisotopic (exact) mass is 278 g/mol. The van der Waals surface area contributed by atoms with Crippen molar-refractivity contribution in [3.8, 4) is 0 Å². The second kappa shape index (κ2) is 7.99. The Morgan fingerprint density at radius 1 is 1.37 bits per heavy atom. The molecular formula is C14H18N2O2S. The number of aromatic nitrogens is 1. The predicted octanol–water partition coefficient (Wildman–Crippen LogP) is 2.70. The quantitative estimate of drug-likeness (QED) is 0.594. The van der Waals surface area contributed by atoms with Gasteiger partial charge in [0.25, 0.3) is 0 Å². The van der Waals surface area contributed by atoms with Gasteiger partial charge >= 0.3 is 0 Å². The lowest BCUT2D eigenvalue weighted by Crippen LogP contribution is -2.19. The summed E-state index contributed by atoms with van der Waals surface area (Å²) in [6.45, 7) is 2.36. The number of hydrogen-bond acceptors (Lipinski definition) is 5. The Balaban J connectivity index is 1.88. The molecule has 5 heteroatoms. The van der Waals surface area contributed by atoms with Crippen LogP contribution in [0, 0.1) is 0 Å². The number of rotatable bonds is 8. The Kier molecular flexibility index (Phi) is 5.94. The van der Waals surface area contributed by atoms with Crippen molar-refractivity contribution in [2.24, 2.45) is 0 Å². The number of thioether (sulfide) groups is 1. The fourth-order valence-corrected chi connectivity index (χ4v) is 2.52. The zero-order chi connectivity index (χ0) is 13.3. The number of methoxy groups -OCH3 is 1. The smallest absolute Gasteiger partial charge is 0.114 e. The predicted molar refractivity (Wildman–Crippen MR) is 76.1 cm³/mol. The van der Waals surface area contributed by atoms with E-state index in [0.29, 0.717) is 0 Å². The van der Waals surface area contributed by atoms with Crippen LogP contribution in [0.25, 0.3) is 0 Å². The van der Waals surface area contributed by atoms with Crippen LogP contribution in [0.1, 0.15) is 11.3 Å². The first-order valence-corrected chi connectivity index (χ1v) is 7.17. The molecule has 0 atom stereocenters. The molecule has 2 heterocycles. The van der Waals surface area contributed by atoms with Gasteiger partial charge in [0.2, 0.25) is 0 Å². The minimum atomic E-state index is 0.717. The van der Waals surface area contributed by atoms with Gasteiger partial charge in [-0.1, -0.05) is 17.8 Å². The van der Waals surface area contributed by atoms with E-state index in [4.69, 9.17) is 9.15 Å². The molecule has 4 nitrogen and oxygen atoms in total. The average Bonchev–Trinajstić information content (AvgIpc) is 2.96. The van der Waals surface area contributed by atoms with Crippen molar-refractivity contribution in [2.45, 2.75) is 17.3 Å². The van der Waals surface area contributed by atoms with E-state index < -0.39 is 0 Å². The molecule has 0 aliphatic rings. The average molecular weight is 278 g/mol. The van der Waals surface area contributed by atoms with Crippen LogP contribution in [0.4, 0.5) is 0 Å². The van der Waals surface area contributed by atoms with Crippen LogP contribution in [-0.4, -0.2) is 25.2 Å². The highest BCUT2D eigenvalue weighted by Crippen LogP contribution is 2.24. The lowest BCUT2D eigenvalue weighted by atomic mass is 10.3. The summed E-state index contributed by atoms with van der Waals surface area (Å²) in [7, 11) is 1.70. The highest BCUT2D eigenvalue weighted by atomic mass is 32.2. The molecule has 0 aromatic carbocycles. The topological polar surface area (TPSA) is 47.3 Å². The molecule has 1 N–H and O–H groups in total. The maximum atomic E-state index is 5.33. The first kappa shape index (κ1) is 14.1. The molecule has 0 spiro atoms. The Morgan fingerprint density at radius 2 is 2.32 bits per heavy atom. The lowest BCUT2D eigenvalue weighted by molar-refractivity contribution is 0.199. The first-order valence-electron chi connectivity index (χ1n) is 6.19. The molecule has 0 fully saturated rings. The lowest BCUT2D eigenvalue weighted by Gasteiger charge is -2.08. The highest BCUT2D eigenvalue weighted by Gasteiger charge is 2.05. The molecule has 0 saturated carbocycles. The molecule has 2 aromatic heterocycles. The maximum absolute atomic E-state index is 5.33. The molecule has 2 aromatic rings. The standard InChI is InChI=1S/C14H18N2O2S/c1-17-9-7-15-10-12-4-2-6-16-14(12)19-11-13-5-3-8-18-13/h2-6,8,15H,7,9-11H2,1H3. The van der Waals surface area contributed by atoms with E-state index in [1.165, 1.54) is 5.56 Å². The van der Waals surface area contributed by atoms with Gasteiger partial charge in [0, 0.05) is 26.4 Å². The third-order valence-corrected chi connectivity index (χ3v) is 3.65. The number of hydrogen-bond donors (Lipinski definition) is 1. The maximum Gasteiger partial charge on any atom is 0.114 e. The van der Waals surface area contributed by atoms with Crippen molar-refractivity contribution in [3.63, 3.8) is 0 Å². The van der Waals surface area contributed by atoms with E-state index in [1.54, 1.807) is 25.1 Å². The van der Waals surface area contributed by atoms with Gasteiger partial charge in [0.15, 0.2) is 0 Å². The normalized spacial score (nSPS) is 10.8. The third kappa shape index (κ3) is 4.70. The number of ether oxygens (including phenoxy) is 1. The molecule has 2 rings (SSSR count). The van der Waals surface area contributed by atoms with Crippen molar-refractivity contribution in [1.29, 1.82) is 0 Å². The molecule has 0 aliphatic carbocycles. The molecule has 0 unspecified atom stereocenters. The molecule has 0 saturated heterocycles. The summed E-state index contributed by atoms with van der Waals surface area (Å²) in [5.74, 6) is 1.77. The van der Waals surface area contributed by atoms with Crippen LogP contribution >= 0.6 is 11.8 Å². The molecule has 0 bridgehead atoms. The number of furan rings is 1. The Morgan fingerprint density at radius 3 is 3.11 bits per heavy atom. The Labute approximate surface area is 117 Å². The van der Waals surface area contributed by atoms with Gasteiger partial charge in [0.1, 0.15) is 10.8 Å². The van der Waals surface area contributed by atoms with Crippen molar-refractivity contribution in [3.05, 3.63) is 48.0 Å². The minimum absolute atomic E-state index is 0.717. The summed E-state index contributed by atoms with van der Waals surface area (Å²) in [5, 5.41) is 4.38. The second-order valence-corrected chi connectivity index (χ2v) is 4.97. The molecule has 19 heavy (non-hydrogen) atoms. The third-order valence-electron chi connectivity index (χ3n) is 2.58. The molecule has 0 radical (unpaired) electrons. The molecular weight excluding hydrogens is 260 g/mol. The molecule has 102 valence electrons. The van der Waals surface area contributed by atoms with Gasteiger partial charge in [-0.2, -0.15) is 0 Å². The van der Waals surface area contributed by atoms with Crippen LogP contribution in [0.15, 0.2) is 46.2 Å². The Hall–Kier alpha value is -1.30. The van der Waals surface area contributed by atoms with Gasteiger partial charge in [-0.15, -0.1) is 0 Å². The number of nitrogens with zero attached hydrogens (tertiary/aromatic N) is 1.